The lowest BCUT2D eigenvalue weighted by Crippen LogP contribution is -2.07. The second-order valence-electron chi connectivity index (χ2n) is 5.24. The molecule has 0 aromatic rings. The van der Waals surface area contributed by atoms with Crippen molar-refractivity contribution in [3.8, 4) is 0 Å². The van der Waals surface area contributed by atoms with Gasteiger partial charge in [-0.3, -0.25) is 4.79 Å². The summed E-state index contributed by atoms with van der Waals surface area (Å²) in [5.41, 5.74) is 0. The van der Waals surface area contributed by atoms with Crippen LogP contribution >= 0.6 is 0 Å². The summed E-state index contributed by atoms with van der Waals surface area (Å²) in [5, 5.41) is 0. The van der Waals surface area contributed by atoms with E-state index < -0.39 is 0 Å². The molecule has 5 nitrogen and oxygen atoms in total. The number of rotatable bonds is 15. The third-order valence-electron chi connectivity index (χ3n) is 2.83. The van der Waals surface area contributed by atoms with Crippen LogP contribution in [0.25, 0.3) is 0 Å². The van der Waals surface area contributed by atoms with Crippen LogP contribution in [0, 0.1) is 0 Å². The molecular formula is C18H38O5. The fourth-order valence-electron chi connectivity index (χ4n) is 1.41. The summed E-state index contributed by atoms with van der Waals surface area (Å²) in [6.07, 6.45) is 6.94. The van der Waals surface area contributed by atoms with Gasteiger partial charge in [0.25, 0.3) is 0 Å². The van der Waals surface area contributed by atoms with Crippen molar-refractivity contribution in [1.29, 1.82) is 0 Å². The summed E-state index contributed by atoms with van der Waals surface area (Å²) in [6.45, 7) is 12.8. The molecule has 0 aliphatic rings. The lowest BCUT2D eigenvalue weighted by molar-refractivity contribution is -0.142. The standard InChI is InChI=1S/C10H22O2.C8H16O3/c1-3-5-7-11-9-10-12-8-6-4-2;1-3-4-5-10-6-7-11-8(2)9/h3-10H2,1-2H3;3-7H2,1-2H3. The van der Waals surface area contributed by atoms with Crippen LogP contribution in [0.4, 0.5) is 0 Å². The largest absolute Gasteiger partial charge is 0.463 e. The average molecular weight is 334 g/mol. The minimum absolute atomic E-state index is 0.246. The number of carbonyl (C=O) groups is 1. The van der Waals surface area contributed by atoms with E-state index in [2.05, 4.69) is 25.5 Å². The van der Waals surface area contributed by atoms with Crippen LogP contribution in [0.1, 0.15) is 66.2 Å². The van der Waals surface area contributed by atoms with E-state index in [0.29, 0.717) is 13.2 Å². The molecule has 0 radical (unpaired) electrons. The molecule has 0 aromatic heterocycles. The Hall–Kier alpha value is -0.650. The van der Waals surface area contributed by atoms with Gasteiger partial charge in [-0.15, -0.1) is 0 Å². The van der Waals surface area contributed by atoms with Gasteiger partial charge in [-0.25, -0.2) is 0 Å². The van der Waals surface area contributed by atoms with Gasteiger partial charge in [-0.2, -0.15) is 0 Å². The highest BCUT2D eigenvalue weighted by Crippen LogP contribution is 1.90. The maximum absolute atomic E-state index is 10.3. The second kappa shape index (κ2) is 23.6. The maximum Gasteiger partial charge on any atom is 0.302 e. The summed E-state index contributed by atoms with van der Waals surface area (Å²) < 4.78 is 20.5. The molecule has 0 aliphatic heterocycles. The molecule has 0 atom stereocenters. The number of hydrogen-bond acceptors (Lipinski definition) is 5. The van der Waals surface area contributed by atoms with Crippen molar-refractivity contribution in [2.45, 2.75) is 66.2 Å². The fourth-order valence-corrected chi connectivity index (χ4v) is 1.41. The Morgan fingerprint density at radius 2 is 0.957 bits per heavy atom. The monoisotopic (exact) mass is 334 g/mol. The van der Waals surface area contributed by atoms with Crippen LogP contribution in [0.2, 0.25) is 0 Å². The highest BCUT2D eigenvalue weighted by atomic mass is 16.6. The molecule has 0 fully saturated rings. The van der Waals surface area contributed by atoms with Crippen molar-refractivity contribution in [1.82, 2.24) is 0 Å². The molecule has 0 saturated carbocycles. The van der Waals surface area contributed by atoms with Crippen molar-refractivity contribution in [3.63, 3.8) is 0 Å². The van der Waals surface area contributed by atoms with Gasteiger partial charge < -0.3 is 18.9 Å². The minimum Gasteiger partial charge on any atom is -0.463 e. The quantitative estimate of drug-likeness (QED) is 0.335. The highest BCUT2D eigenvalue weighted by Gasteiger charge is 1.91. The van der Waals surface area contributed by atoms with Gasteiger partial charge in [0.15, 0.2) is 0 Å². The Labute approximate surface area is 143 Å². The molecule has 0 spiro atoms. The predicted octanol–water partition coefficient (Wildman–Crippen LogP) is 3.99. The van der Waals surface area contributed by atoms with Crippen molar-refractivity contribution < 1.29 is 23.7 Å². The van der Waals surface area contributed by atoms with E-state index in [0.717, 1.165) is 58.7 Å². The molecule has 0 saturated heterocycles. The van der Waals surface area contributed by atoms with Gasteiger partial charge in [-0.05, 0) is 19.3 Å². The van der Waals surface area contributed by atoms with Crippen molar-refractivity contribution >= 4 is 5.97 Å². The van der Waals surface area contributed by atoms with E-state index in [-0.39, 0.29) is 5.97 Å². The first-order valence-corrected chi connectivity index (χ1v) is 9.05. The van der Waals surface area contributed by atoms with Crippen LogP contribution in [-0.4, -0.2) is 52.2 Å². The molecule has 0 heterocycles. The normalized spacial score (nSPS) is 10.1. The fraction of sp³-hybridized carbons (Fsp3) is 0.944. The molecule has 0 amide bonds. The number of unbranched alkanes of at least 4 members (excludes halogenated alkanes) is 3. The van der Waals surface area contributed by atoms with Crippen LogP contribution < -0.4 is 0 Å². The summed E-state index contributed by atoms with van der Waals surface area (Å²) in [6, 6.07) is 0. The molecule has 0 unspecified atom stereocenters. The summed E-state index contributed by atoms with van der Waals surface area (Å²) >= 11 is 0. The molecule has 0 bridgehead atoms. The topological polar surface area (TPSA) is 54.0 Å². The Bertz CT molecular complexity index is 211. The van der Waals surface area contributed by atoms with Gasteiger partial charge in [0, 0.05) is 26.7 Å². The zero-order valence-electron chi connectivity index (χ0n) is 15.7. The lowest BCUT2D eigenvalue weighted by Gasteiger charge is -2.03. The molecular weight excluding hydrogens is 296 g/mol. The third-order valence-corrected chi connectivity index (χ3v) is 2.83. The Morgan fingerprint density at radius 3 is 1.26 bits per heavy atom. The number of carbonyl (C=O) groups excluding carboxylic acids is 1. The number of ether oxygens (including phenoxy) is 4. The number of esters is 1. The molecule has 0 aliphatic carbocycles. The van der Waals surface area contributed by atoms with Gasteiger partial charge in [0.05, 0.1) is 19.8 Å². The number of hydrogen-bond donors (Lipinski definition) is 0. The molecule has 0 rings (SSSR count). The first kappa shape index (κ1) is 24.6. The molecule has 0 aromatic carbocycles. The van der Waals surface area contributed by atoms with Crippen LogP contribution in [0.5, 0.6) is 0 Å². The van der Waals surface area contributed by atoms with E-state index in [1.165, 1.54) is 19.8 Å². The van der Waals surface area contributed by atoms with Crippen LogP contribution in [0.3, 0.4) is 0 Å². The Balaban J connectivity index is 0. The van der Waals surface area contributed by atoms with E-state index in [1.54, 1.807) is 0 Å². The van der Waals surface area contributed by atoms with Crippen molar-refractivity contribution in [2.24, 2.45) is 0 Å². The summed E-state index contributed by atoms with van der Waals surface area (Å²) in [5.74, 6) is -0.246. The van der Waals surface area contributed by atoms with Gasteiger partial charge >= 0.3 is 5.97 Å². The summed E-state index contributed by atoms with van der Waals surface area (Å²) in [7, 11) is 0. The molecule has 5 heteroatoms. The van der Waals surface area contributed by atoms with E-state index in [9.17, 15) is 4.79 Å². The van der Waals surface area contributed by atoms with Crippen LogP contribution in [0.15, 0.2) is 0 Å². The summed E-state index contributed by atoms with van der Waals surface area (Å²) in [4.78, 5) is 10.3. The first-order chi connectivity index (χ1) is 11.2. The highest BCUT2D eigenvalue weighted by molar-refractivity contribution is 5.65. The maximum atomic E-state index is 10.3. The Kier molecular flexibility index (Phi) is 25.3. The van der Waals surface area contributed by atoms with E-state index in [4.69, 9.17) is 14.2 Å². The van der Waals surface area contributed by atoms with Gasteiger partial charge in [0.1, 0.15) is 6.61 Å². The zero-order valence-corrected chi connectivity index (χ0v) is 15.7. The predicted molar refractivity (Wildman–Crippen MR) is 93.8 cm³/mol. The minimum atomic E-state index is -0.246. The lowest BCUT2D eigenvalue weighted by atomic mass is 10.4. The SMILES string of the molecule is CCCCOCCOC(C)=O.CCCCOCCOCCCC. The van der Waals surface area contributed by atoms with Gasteiger partial charge in [-0.1, -0.05) is 40.0 Å². The van der Waals surface area contributed by atoms with Gasteiger partial charge in [0.2, 0.25) is 0 Å². The zero-order chi connectivity index (χ0) is 17.6. The second-order valence-corrected chi connectivity index (χ2v) is 5.24. The first-order valence-electron chi connectivity index (χ1n) is 9.05. The van der Waals surface area contributed by atoms with Crippen molar-refractivity contribution in [3.05, 3.63) is 0 Å². The third kappa shape index (κ3) is 29.9. The molecule has 23 heavy (non-hydrogen) atoms. The van der Waals surface area contributed by atoms with Crippen molar-refractivity contribution in [2.75, 3.05) is 46.2 Å². The van der Waals surface area contributed by atoms with E-state index >= 15 is 0 Å². The molecule has 140 valence electrons. The Morgan fingerprint density at radius 1 is 0.609 bits per heavy atom. The van der Waals surface area contributed by atoms with E-state index in [1.807, 2.05) is 0 Å². The van der Waals surface area contributed by atoms with Crippen LogP contribution in [-0.2, 0) is 23.7 Å². The average Bonchev–Trinajstić information content (AvgIpc) is 2.54. The molecule has 0 N–H and O–H groups in total. The smallest absolute Gasteiger partial charge is 0.302 e.